The third kappa shape index (κ3) is 4.62. The molecule has 1 amide bonds. The van der Waals surface area contributed by atoms with Gasteiger partial charge in [-0.25, -0.2) is 0 Å². The molecule has 0 unspecified atom stereocenters. The number of nitrogens with one attached hydrogen (secondary N) is 1. The first kappa shape index (κ1) is 20.8. The lowest BCUT2D eigenvalue weighted by atomic mass is 10.1. The highest BCUT2D eigenvalue weighted by Crippen LogP contribution is 2.16. The Balaban J connectivity index is 0.00000225. The summed E-state index contributed by atoms with van der Waals surface area (Å²) in [6, 6.07) is -0.346. The largest absolute Gasteiger partial charge is 0.379 e. The molecule has 3 rings (SSSR count). The maximum absolute atomic E-state index is 12.6. The van der Waals surface area contributed by atoms with Gasteiger partial charge in [0, 0.05) is 45.8 Å². The Labute approximate surface area is 155 Å². The molecule has 2 atom stereocenters. The van der Waals surface area contributed by atoms with Gasteiger partial charge in [0.05, 0.1) is 25.9 Å². The highest BCUT2D eigenvalue weighted by Gasteiger charge is 2.37. The number of halogens is 1. The molecule has 9 nitrogen and oxygen atoms in total. The molecule has 3 heterocycles. The SMILES string of the molecule is C[C@H]1OCCN[C@@H]1C(=O)N1CCN(S(=O)(=O)N2CCOCC2)CC1.Cl. The lowest BCUT2D eigenvalue weighted by Gasteiger charge is -2.40. The average molecular weight is 399 g/mol. The number of hydrogen-bond donors (Lipinski definition) is 1. The van der Waals surface area contributed by atoms with Crippen LogP contribution in [0, 0.1) is 0 Å². The summed E-state index contributed by atoms with van der Waals surface area (Å²) in [5.74, 6) is -0.00868. The molecule has 0 aliphatic carbocycles. The number of hydrogen-bond acceptors (Lipinski definition) is 6. The van der Waals surface area contributed by atoms with E-state index in [2.05, 4.69) is 5.32 Å². The van der Waals surface area contributed by atoms with Crippen molar-refractivity contribution in [3.8, 4) is 0 Å². The fourth-order valence-corrected chi connectivity index (χ4v) is 4.85. The first-order chi connectivity index (χ1) is 11.5. The molecule has 3 saturated heterocycles. The number of rotatable bonds is 3. The maximum Gasteiger partial charge on any atom is 0.282 e. The van der Waals surface area contributed by atoms with Gasteiger partial charge in [0.15, 0.2) is 0 Å². The van der Waals surface area contributed by atoms with E-state index in [9.17, 15) is 13.2 Å². The second-order valence-electron chi connectivity index (χ2n) is 6.25. The molecule has 0 aromatic carbocycles. The van der Waals surface area contributed by atoms with Gasteiger partial charge in [-0.1, -0.05) is 0 Å². The summed E-state index contributed by atoms with van der Waals surface area (Å²) in [5.41, 5.74) is 0. The van der Waals surface area contributed by atoms with Crippen molar-refractivity contribution in [2.45, 2.75) is 19.1 Å². The van der Waals surface area contributed by atoms with Gasteiger partial charge in [-0.3, -0.25) is 4.79 Å². The molecule has 0 aromatic heterocycles. The molecule has 3 fully saturated rings. The molecule has 0 aromatic rings. The van der Waals surface area contributed by atoms with E-state index in [0.29, 0.717) is 65.6 Å². The minimum absolute atomic E-state index is 0. The highest BCUT2D eigenvalue weighted by atomic mass is 35.5. The van der Waals surface area contributed by atoms with E-state index in [1.807, 2.05) is 6.92 Å². The zero-order chi connectivity index (χ0) is 17.2. The average Bonchev–Trinajstić information content (AvgIpc) is 2.62. The zero-order valence-electron chi connectivity index (χ0n) is 14.4. The van der Waals surface area contributed by atoms with E-state index in [-0.39, 0.29) is 30.5 Å². The Morgan fingerprint density at radius 2 is 1.60 bits per heavy atom. The van der Waals surface area contributed by atoms with Gasteiger partial charge >= 0.3 is 0 Å². The van der Waals surface area contributed by atoms with Crippen molar-refractivity contribution >= 4 is 28.5 Å². The molecule has 0 radical (unpaired) electrons. The van der Waals surface area contributed by atoms with Crippen LogP contribution in [0.4, 0.5) is 0 Å². The number of morpholine rings is 2. The summed E-state index contributed by atoms with van der Waals surface area (Å²) in [6.07, 6.45) is -0.165. The summed E-state index contributed by atoms with van der Waals surface area (Å²) >= 11 is 0. The van der Waals surface area contributed by atoms with E-state index in [0.717, 1.165) is 0 Å². The first-order valence-corrected chi connectivity index (χ1v) is 9.86. The molecule has 25 heavy (non-hydrogen) atoms. The van der Waals surface area contributed by atoms with Crippen LogP contribution >= 0.6 is 12.4 Å². The van der Waals surface area contributed by atoms with E-state index < -0.39 is 10.2 Å². The minimum atomic E-state index is -3.46. The van der Waals surface area contributed by atoms with Crippen LogP contribution in [0.5, 0.6) is 0 Å². The monoisotopic (exact) mass is 398 g/mol. The first-order valence-electron chi connectivity index (χ1n) is 8.47. The molecule has 0 spiro atoms. The van der Waals surface area contributed by atoms with Crippen LogP contribution in [0.1, 0.15) is 6.92 Å². The molecule has 146 valence electrons. The predicted octanol–water partition coefficient (Wildman–Crippen LogP) is -1.49. The van der Waals surface area contributed by atoms with Crippen LogP contribution in [0.2, 0.25) is 0 Å². The van der Waals surface area contributed by atoms with Crippen molar-refractivity contribution in [3.63, 3.8) is 0 Å². The van der Waals surface area contributed by atoms with Crippen molar-refractivity contribution < 1.29 is 22.7 Å². The number of amides is 1. The van der Waals surface area contributed by atoms with Crippen LogP contribution in [-0.2, 0) is 24.5 Å². The van der Waals surface area contributed by atoms with Crippen molar-refractivity contribution in [2.75, 3.05) is 65.6 Å². The van der Waals surface area contributed by atoms with Crippen LogP contribution in [0.25, 0.3) is 0 Å². The van der Waals surface area contributed by atoms with Gasteiger partial charge in [0.25, 0.3) is 10.2 Å². The fraction of sp³-hybridized carbons (Fsp3) is 0.929. The lowest BCUT2D eigenvalue weighted by molar-refractivity contribution is -0.140. The second-order valence-corrected chi connectivity index (χ2v) is 8.18. The van der Waals surface area contributed by atoms with E-state index in [1.165, 1.54) is 8.61 Å². The van der Waals surface area contributed by atoms with E-state index >= 15 is 0 Å². The zero-order valence-corrected chi connectivity index (χ0v) is 16.1. The summed E-state index contributed by atoms with van der Waals surface area (Å²) in [5, 5.41) is 3.19. The topological polar surface area (TPSA) is 91.4 Å². The molecule has 0 bridgehead atoms. The van der Waals surface area contributed by atoms with Crippen molar-refractivity contribution in [1.29, 1.82) is 0 Å². The molecule has 3 aliphatic heterocycles. The normalized spacial score (nSPS) is 29.9. The quantitative estimate of drug-likeness (QED) is 0.622. The van der Waals surface area contributed by atoms with Gasteiger partial charge in [0.1, 0.15) is 6.04 Å². The number of carbonyl (C=O) groups excluding carboxylic acids is 1. The minimum Gasteiger partial charge on any atom is -0.379 e. The van der Waals surface area contributed by atoms with Crippen LogP contribution in [0.15, 0.2) is 0 Å². The smallest absolute Gasteiger partial charge is 0.282 e. The Morgan fingerprint density at radius 1 is 1.00 bits per heavy atom. The number of piperazine rings is 1. The standard InChI is InChI=1S/C14H26N4O5S.ClH/c1-12-13(15-2-9-23-12)14(19)16-3-5-17(6-4-16)24(20,21)18-7-10-22-11-8-18;/h12-13,15H,2-11H2,1H3;1H/t12-,13+;/m1./s1. The van der Waals surface area contributed by atoms with Gasteiger partial charge in [-0.05, 0) is 6.92 Å². The highest BCUT2D eigenvalue weighted by molar-refractivity contribution is 7.86. The Bertz CT molecular complexity index is 549. The molecular weight excluding hydrogens is 372 g/mol. The number of ether oxygens (including phenoxy) is 2. The van der Waals surface area contributed by atoms with Crippen LogP contribution < -0.4 is 5.32 Å². The molecule has 11 heteroatoms. The molecule has 0 saturated carbocycles. The predicted molar refractivity (Wildman–Crippen MR) is 93.9 cm³/mol. The van der Waals surface area contributed by atoms with Crippen molar-refractivity contribution in [2.24, 2.45) is 0 Å². The Hall–Kier alpha value is -0.490. The molecule has 3 aliphatic rings. The summed E-state index contributed by atoms with van der Waals surface area (Å²) in [6.45, 7) is 6.27. The third-order valence-electron chi connectivity index (χ3n) is 4.76. The maximum atomic E-state index is 12.6. The van der Waals surface area contributed by atoms with Crippen LogP contribution in [-0.4, -0.2) is 106 Å². The van der Waals surface area contributed by atoms with Crippen molar-refractivity contribution in [3.05, 3.63) is 0 Å². The number of nitrogens with zero attached hydrogens (tertiary/aromatic N) is 3. The van der Waals surface area contributed by atoms with Gasteiger partial charge < -0.3 is 19.7 Å². The number of carbonyl (C=O) groups is 1. The summed E-state index contributed by atoms with van der Waals surface area (Å²) < 4.78 is 38.9. The molecule has 1 N–H and O–H groups in total. The fourth-order valence-electron chi connectivity index (χ4n) is 3.29. The van der Waals surface area contributed by atoms with Crippen molar-refractivity contribution in [1.82, 2.24) is 18.8 Å². The van der Waals surface area contributed by atoms with Gasteiger partial charge in [0.2, 0.25) is 5.91 Å². The summed E-state index contributed by atoms with van der Waals surface area (Å²) in [4.78, 5) is 14.3. The van der Waals surface area contributed by atoms with Crippen LogP contribution in [0.3, 0.4) is 0 Å². The molecular formula is C14H27ClN4O5S. The van der Waals surface area contributed by atoms with E-state index in [1.54, 1.807) is 4.90 Å². The second kappa shape index (κ2) is 8.94. The Kier molecular flexibility index (Phi) is 7.44. The summed E-state index contributed by atoms with van der Waals surface area (Å²) in [7, 11) is -3.46. The third-order valence-corrected chi connectivity index (χ3v) is 6.79. The Morgan fingerprint density at radius 3 is 2.20 bits per heavy atom. The van der Waals surface area contributed by atoms with Gasteiger partial charge in [-0.2, -0.15) is 17.0 Å². The van der Waals surface area contributed by atoms with E-state index in [4.69, 9.17) is 9.47 Å². The lowest BCUT2D eigenvalue weighted by Crippen LogP contribution is -2.61. The van der Waals surface area contributed by atoms with Gasteiger partial charge in [-0.15, -0.1) is 12.4 Å².